The fraction of sp³-hybridized carbons (Fsp3) is 0.312. The largest absolute Gasteiger partial charge is 0.389 e. The van der Waals surface area contributed by atoms with Crippen LogP contribution in [0.5, 0.6) is 0 Å². The molecule has 0 aromatic heterocycles. The fourth-order valence-electron chi connectivity index (χ4n) is 2.12. The first-order valence-electron chi connectivity index (χ1n) is 6.24. The predicted molar refractivity (Wildman–Crippen MR) is 72.9 cm³/mol. The quantitative estimate of drug-likeness (QED) is 0.838. The first-order chi connectivity index (χ1) is 8.18. The molecule has 0 saturated carbocycles. The van der Waals surface area contributed by atoms with Crippen molar-refractivity contribution in [3.05, 3.63) is 54.4 Å². The summed E-state index contributed by atoms with van der Waals surface area (Å²) >= 11 is 0. The highest BCUT2D eigenvalue weighted by Gasteiger charge is 2.23. The molecule has 1 radical (unpaired) electrons. The van der Waals surface area contributed by atoms with Crippen LogP contribution < -0.4 is 0 Å². The molecule has 0 bridgehead atoms. The molecule has 1 N–H and O–H groups in total. The number of hydrogen-bond acceptors (Lipinski definition) is 1. The molecule has 0 atom stereocenters. The Bertz CT molecular complexity index is 492. The summed E-state index contributed by atoms with van der Waals surface area (Å²) in [5.74, 6) is 0. The molecule has 2 aromatic rings. The average molecular weight is 227 g/mol. The highest BCUT2D eigenvalue weighted by atomic mass is 16.3. The lowest BCUT2D eigenvalue weighted by Gasteiger charge is -2.25. The zero-order valence-corrected chi connectivity index (χ0v) is 10.5. The Morgan fingerprint density at radius 3 is 2.35 bits per heavy atom. The van der Waals surface area contributed by atoms with Crippen LogP contribution in [0.4, 0.5) is 0 Å². The van der Waals surface area contributed by atoms with Crippen LogP contribution in [-0.2, 0) is 0 Å². The highest BCUT2D eigenvalue weighted by molar-refractivity contribution is 5.86. The van der Waals surface area contributed by atoms with E-state index in [1.54, 1.807) is 0 Å². The molecule has 1 heteroatoms. The van der Waals surface area contributed by atoms with E-state index in [9.17, 15) is 5.11 Å². The maximum Gasteiger partial charge on any atom is 0.0718 e. The Morgan fingerprint density at radius 2 is 1.65 bits per heavy atom. The predicted octanol–water partition coefficient (Wildman–Crippen LogP) is 3.94. The Morgan fingerprint density at radius 1 is 1.00 bits per heavy atom. The molecule has 0 saturated heterocycles. The lowest BCUT2D eigenvalue weighted by molar-refractivity contribution is 0.0693. The van der Waals surface area contributed by atoms with Gasteiger partial charge in [0.05, 0.1) is 5.60 Å². The van der Waals surface area contributed by atoms with Crippen LogP contribution in [0, 0.1) is 6.42 Å². The van der Waals surface area contributed by atoms with E-state index in [1.165, 1.54) is 10.8 Å². The molecule has 1 nitrogen and oxygen atoms in total. The van der Waals surface area contributed by atoms with Crippen LogP contribution in [0.25, 0.3) is 10.8 Å². The number of hydrogen-bond donors (Lipinski definition) is 1. The highest BCUT2D eigenvalue weighted by Crippen LogP contribution is 2.27. The van der Waals surface area contributed by atoms with Gasteiger partial charge in [-0.3, -0.25) is 0 Å². The summed E-state index contributed by atoms with van der Waals surface area (Å²) in [7, 11) is 0. The van der Waals surface area contributed by atoms with E-state index in [2.05, 4.69) is 24.3 Å². The molecular formula is C16H19O. The molecule has 2 rings (SSSR count). The SMILES string of the molecule is CCC(O)([CH]c1cccc2ccccc12)CC. The lowest BCUT2D eigenvalue weighted by Crippen LogP contribution is -2.27. The molecule has 0 aliphatic rings. The second kappa shape index (κ2) is 4.89. The van der Waals surface area contributed by atoms with Crippen molar-refractivity contribution in [1.29, 1.82) is 0 Å². The maximum atomic E-state index is 10.4. The van der Waals surface area contributed by atoms with Crippen molar-refractivity contribution >= 4 is 10.8 Å². The van der Waals surface area contributed by atoms with E-state index in [0.29, 0.717) is 0 Å². The summed E-state index contributed by atoms with van der Waals surface area (Å²) in [6, 6.07) is 14.5. The second-order valence-corrected chi connectivity index (χ2v) is 4.52. The van der Waals surface area contributed by atoms with Crippen LogP contribution >= 0.6 is 0 Å². The molecule has 0 unspecified atom stereocenters. The van der Waals surface area contributed by atoms with E-state index in [4.69, 9.17) is 0 Å². The van der Waals surface area contributed by atoms with E-state index >= 15 is 0 Å². The standard InChI is InChI=1S/C16H19O/c1-3-16(17,4-2)12-14-10-7-9-13-8-5-6-11-15(13)14/h5-12,17H,3-4H2,1-2H3. The van der Waals surface area contributed by atoms with Crippen molar-refractivity contribution < 1.29 is 5.11 Å². The van der Waals surface area contributed by atoms with E-state index in [0.717, 1.165) is 18.4 Å². The summed E-state index contributed by atoms with van der Waals surface area (Å²) in [4.78, 5) is 0. The van der Waals surface area contributed by atoms with Gasteiger partial charge >= 0.3 is 0 Å². The minimum Gasteiger partial charge on any atom is -0.389 e. The van der Waals surface area contributed by atoms with Gasteiger partial charge in [-0.05, 0) is 29.2 Å². The first kappa shape index (κ1) is 12.1. The zero-order chi connectivity index (χ0) is 12.3. The minimum absolute atomic E-state index is 0.690. The molecule has 0 heterocycles. The summed E-state index contributed by atoms with van der Waals surface area (Å²) in [5, 5.41) is 12.8. The number of benzene rings is 2. The molecule has 89 valence electrons. The topological polar surface area (TPSA) is 20.2 Å². The Kier molecular flexibility index (Phi) is 3.49. The number of aliphatic hydroxyl groups is 1. The third-order valence-corrected chi connectivity index (χ3v) is 3.47. The molecule has 0 spiro atoms. The Hall–Kier alpha value is -1.34. The third-order valence-electron chi connectivity index (χ3n) is 3.47. The average Bonchev–Trinajstić information content (AvgIpc) is 2.39. The molecule has 0 aliphatic carbocycles. The van der Waals surface area contributed by atoms with Gasteiger partial charge in [0, 0.05) is 6.42 Å². The van der Waals surface area contributed by atoms with Gasteiger partial charge in [0.15, 0.2) is 0 Å². The van der Waals surface area contributed by atoms with Gasteiger partial charge in [0.2, 0.25) is 0 Å². The van der Waals surface area contributed by atoms with E-state index in [-0.39, 0.29) is 0 Å². The number of fused-ring (bicyclic) bond motifs is 1. The van der Waals surface area contributed by atoms with Crippen LogP contribution in [0.2, 0.25) is 0 Å². The van der Waals surface area contributed by atoms with Gasteiger partial charge in [-0.2, -0.15) is 0 Å². The van der Waals surface area contributed by atoms with Gasteiger partial charge in [0.25, 0.3) is 0 Å². The van der Waals surface area contributed by atoms with Crippen LogP contribution in [0.3, 0.4) is 0 Å². The summed E-state index contributed by atoms with van der Waals surface area (Å²) in [5.41, 5.74) is 0.429. The van der Waals surface area contributed by atoms with Gasteiger partial charge in [-0.25, -0.2) is 0 Å². The van der Waals surface area contributed by atoms with Crippen molar-refractivity contribution in [3.8, 4) is 0 Å². The summed E-state index contributed by atoms with van der Waals surface area (Å²) < 4.78 is 0. The molecule has 17 heavy (non-hydrogen) atoms. The monoisotopic (exact) mass is 227 g/mol. The third kappa shape index (κ3) is 2.50. The van der Waals surface area contributed by atoms with Crippen molar-refractivity contribution in [2.45, 2.75) is 32.3 Å². The molecule has 0 amide bonds. The minimum atomic E-state index is -0.690. The summed E-state index contributed by atoms with van der Waals surface area (Å²) in [6.45, 7) is 4.04. The second-order valence-electron chi connectivity index (χ2n) is 4.52. The van der Waals surface area contributed by atoms with Crippen LogP contribution in [-0.4, -0.2) is 10.7 Å². The summed E-state index contributed by atoms with van der Waals surface area (Å²) in [6.07, 6.45) is 3.48. The van der Waals surface area contributed by atoms with Crippen LogP contribution in [0.1, 0.15) is 32.3 Å². The van der Waals surface area contributed by atoms with E-state index in [1.807, 2.05) is 38.5 Å². The smallest absolute Gasteiger partial charge is 0.0718 e. The molecule has 2 aromatic carbocycles. The number of rotatable bonds is 4. The van der Waals surface area contributed by atoms with Crippen molar-refractivity contribution in [2.24, 2.45) is 0 Å². The van der Waals surface area contributed by atoms with Crippen molar-refractivity contribution in [1.82, 2.24) is 0 Å². The molecule has 0 fully saturated rings. The van der Waals surface area contributed by atoms with Gasteiger partial charge in [-0.15, -0.1) is 0 Å². The fourth-order valence-corrected chi connectivity index (χ4v) is 2.12. The maximum absolute atomic E-state index is 10.4. The zero-order valence-electron chi connectivity index (χ0n) is 10.5. The Labute approximate surface area is 103 Å². The lowest BCUT2D eigenvalue weighted by atomic mass is 9.87. The van der Waals surface area contributed by atoms with Crippen molar-refractivity contribution in [2.75, 3.05) is 0 Å². The normalized spacial score (nSPS) is 11.9. The van der Waals surface area contributed by atoms with Gasteiger partial charge in [0.1, 0.15) is 0 Å². The van der Waals surface area contributed by atoms with Gasteiger partial charge in [-0.1, -0.05) is 56.3 Å². The van der Waals surface area contributed by atoms with Crippen LogP contribution in [0.15, 0.2) is 42.5 Å². The van der Waals surface area contributed by atoms with Crippen molar-refractivity contribution in [3.63, 3.8) is 0 Å². The van der Waals surface area contributed by atoms with E-state index < -0.39 is 5.60 Å². The molecular weight excluding hydrogens is 208 g/mol. The first-order valence-corrected chi connectivity index (χ1v) is 6.24. The Balaban J connectivity index is 2.42. The molecule has 0 aliphatic heterocycles. The van der Waals surface area contributed by atoms with Gasteiger partial charge < -0.3 is 5.11 Å².